The molecule has 0 atom stereocenters. The van der Waals surface area contributed by atoms with Crippen molar-refractivity contribution in [3.63, 3.8) is 0 Å². The Morgan fingerprint density at radius 3 is 2.70 bits per heavy atom. The number of nitrogens with one attached hydrogen (secondary N) is 1. The monoisotopic (exact) mass is 359 g/mol. The predicted molar refractivity (Wildman–Crippen MR) is 103 cm³/mol. The zero-order valence-corrected chi connectivity index (χ0v) is 14.9. The fourth-order valence-corrected chi connectivity index (χ4v) is 2.74. The van der Waals surface area contributed by atoms with Gasteiger partial charge in [0.1, 0.15) is 0 Å². The van der Waals surface area contributed by atoms with E-state index >= 15 is 0 Å². The third-order valence-electron chi connectivity index (χ3n) is 4.14. The summed E-state index contributed by atoms with van der Waals surface area (Å²) in [6.45, 7) is 0. The Labute approximate surface area is 155 Å². The number of rotatable bonds is 4. The van der Waals surface area contributed by atoms with Gasteiger partial charge in [0.05, 0.1) is 11.2 Å². The number of aromatic amines is 1. The molecule has 0 saturated heterocycles. The van der Waals surface area contributed by atoms with Gasteiger partial charge in [-0.15, -0.1) is 0 Å². The second kappa shape index (κ2) is 6.87. The first kappa shape index (κ1) is 16.7. The van der Waals surface area contributed by atoms with E-state index in [0.29, 0.717) is 5.82 Å². The maximum atomic E-state index is 12.0. The number of aromatic nitrogens is 4. The van der Waals surface area contributed by atoms with Gasteiger partial charge < -0.3 is 9.42 Å². The smallest absolute Gasteiger partial charge is 0.316 e. The van der Waals surface area contributed by atoms with E-state index in [9.17, 15) is 4.79 Å². The third kappa shape index (κ3) is 3.22. The molecule has 4 aromatic rings. The van der Waals surface area contributed by atoms with Gasteiger partial charge in [0.2, 0.25) is 5.82 Å². The summed E-state index contributed by atoms with van der Waals surface area (Å²) in [6.07, 6.45) is 3.88. The quantitative estimate of drug-likeness (QED) is 0.603. The second-order valence-electron chi connectivity index (χ2n) is 6.20. The molecular weight excluding hydrogens is 342 g/mol. The predicted octanol–water partition coefficient (Wildman–Crippen LogP) is 3.49. The van der Waals surface area contributed by atoms with Gasteiger partial charge in [-0.05, 0) is 17.7 Å². The van der Waals surface area contributed by atoms with Crippen molar-refractivity contribution in [1.29, 1.82) is 0 Å². The van der Waals surface area contributed by atoms with Crippen LogP contribution in [0.5, 0.6) is 0 Å². The Morgan fingerprint density at radius 2 is 1.85 bits per heavy atom. The molecule has 1 amide bonds. The van der Waals surface area contributed by atoms with E-state index in [0.717, 1.165) is 27.7 Å². The van der Waals surface area contributed by atoms with Crippen LogP contribution >= 0.6 is 0 Å². The van der Waals surface area contributed by atoms with Crippen molar-refractivity contribution in [3.05, 3.63) is 65.7 Å². The van der Waals surface area contributed by atoms with Crippen LogP contribution in [-0.2, 0) is 0 Å². The number of carbonyl (C=O) groups is 1. The van der Waals surface area contributed by atoms with Gasteiger partial charge >= 0.3 is 11.8 Å². The van der Waals surface area contributed by atoms with Crippen LogP contribution in [0, 0.1) is 0 Å². The number of benzene rings is 2. The van der Waals surface area contributed by atoms with Gasteiger partial charge in [0.15, 0.2) is 0 Å². The summed E-state index contributed by atoms with van der Waals surface area (Å²) >= 11 is 0. The van der Waals surface area contributed by atoms with Crippen LogP contribution in [0.1, 0.15) is 21.9 Å². The van der Waals surface area contributed by atoms with Gasteiger partial charge in [-0.3, -0.25) is 9.89 Å². The molecule has 0 radical (unpaired) electrons. The molecule has 134 valence electrons. The SMILES string of the molecule is CN(C)C(=O)c1nc(-c2ccccc2/C=C/c2n[nH]c3ccccc23)no1. The molecule has 1 N–H and O–H groups in total. The first-order valence-corrected chi connectivity index (χ1v) is 8.39. The average molecular weight is 359 g/mol. The lowest BCUT2D eigenvalue weighted by molar-refractivity contribution is 0.0779. The molecule has 0 aliphatic carbocycles. The molecule has 27 heavy (non-hydrogen) atoms. The molecule has 7 nitrogen and oxygen atoms in total. The van der Waals surface area contributed by atoms with Gasteiger partial charge in [0.25, 0.3) is 0 Å². The summed E-state index contributed by atoms with van der Waals surface area (Å²) in [7, 11) is 3.27. The highest BCUT2D eigenvalue weighted by Crippen LogP contribution is 2.24. The fraction of sp³-hybridized carbons (Fsp3) is 0.100. The van der Waals surface area contributed by atoms with Crippen LogP contribution in [0.4, 0.5) is 0 Å². The molecule has 0 bridgehead atoms. The molecular formula is C20H17N5O2. The number of carbonyl (C=O) groups excluding carboxylic acids is 1. The first-order valence-electron chi connectivity index (χ1n) is 8.39. The Hall–Kier alpha value is -3.74. The number of nitrogens with zero attached hydrogens (tertiary/aromatic N) is 4. The van der Waals surface area contributed by atoms with Gasteiger partial charge in [0, 0.05) is 25.0 Å². The van der Waals surface area contributed by atoms with Crippen molar-refractivity contribution in [2.24, 2.45) is 0 Å². The van der Waals surface area contributed by atoms with E-state index in [-0.39, 0.29) is 11.8 Å². The largest absolute Gasteiger partial charge is 0.341 e. The minimum absolute atomic E-state index is 0.0351. The van der Waals surface area contributed by atoms with Crippen molar-refractivity contribution in [3.8, 4) is 11.4 Å². The number of amides is 1. The highest BCUT2D eigenvalue weighted by atomic mass is 16.5. The molecule has 2 aromatic carbocycles. The van der Waals surface area contributed by atoms with Crippen LogP contribution in [0.3, 0.4) is 0 Å². The zero-order valence-electron chi connectivity index (χ0n) is 14.9. The normalized spacial score (nSPS) is 11.3. The van der Waals surface area contributed by atoms with Crippen LogP contribution < -0.4 is 0 Å². The van der Waals surface area contributed by atoms with Crippen molar-refractivity contribution in [1.82, 2.24) is 25.2 Å². The Balaban J connectivity index is 1.69. The van der Waals surface area contributed by atoms with Crippen LogP contribution in [-0.4, -0.2) is 45.2 Å². The third-order valence-corrected chi connectivity index (χ3v) is 4.14. The Bertz CT molecular complexity index is 1140. The number of para-hydroxylation sites is 1. The highest BCUT2D eigenvalue weighted by Gasteiger charge is 2.18. The first-order chi connectivity index (χ1) is 13.1. The molecule has 4 rings (SSSR count). The fourth-order valence-electron chi connectivity index (χ4n) is 2.74. The minimum Gasteiger partial charge on any atom is -0.341 e. The van der Waals surface area contributed by atoms with E-state index in [1.807, 2.05) is 60.7 Å². The van der Waals surface area contributed by atoms with E-state index in [2.05, 4.69) is 20.3 Å². The number of hydrogen-bond donors (Lipinski definition) is 1. The minimum atomic E-state index is -0.329. The van der Waals surface area contributed by atoms with E-state index in [1.54, 1.807) is 14.1 Å². The molecule has 2 aromatic heterocycles. The summed E-state index contributed by atoms with van der Waals surface area (Å²) < 4.78 is 5.11. The molecule has 0 aliphatic rings. The summed E-state index contributed by atoms with van der Waals surface area (Å²) in [5.74, 6) is 0.00387. The van der Waals surface area contributed by atoms with Gasteiger partial charge in [-0.1, -0.05) is 53.7 Å². The molecule has 0 fully saturated rings. The molecule has 0 aliphatic heterocycles. The summed E-state index contributed by atoms with van der Waals surface area (Å²) in [5.41, 5.74) is 3.50. The van der Waals surface area contributed by atoms with Crippen molar-refractivity contribution < 1.29 is 9.32 Å². The number of H-pyrrole nitrogens is 1. The van der Waals surface area contributed by atoms with Crippen LogP contribution in [0.2, 0.25) is 0 Å². The lowest BCUT2D eigenvalue weighted by Crippen LogP contribution is -2.21. The lowest BCUT2D eigenvalue weighted by Gasteiger charge is -2.04. The molecule has 0 spiro atoms. The van der Waals surface area contributed by atoms with Gasteiger partial charge in [-0.25, -0.2) is 0 Å². The van der Waals surface area contributed by atoms with E-state index in [4.69, 9.17) is 4.52 Å². The van der Waals surface area contributed by atoms with E-state index < -0.39 is 0 Å². The number of fused-ring (bicyclic) bond motifs is 1. The maximum absolute atomic E-state index is 12.0. The Morgan fingerprint density at radius 1 is 1.07 bits per heavy atom. The van der Waals surface area contributed by atoms with Crippen LogP contribution in [0.25, 0.3) is 34.4 Å². The Kier molecular flexibility index (Phi) is 4.25. The molecule has 2 heterocycles. The summed E-state index contributed by atoms with van der Waals surface area (Å²) in [4.78, 5) is 17.6. The topological polar surface area (TPSA) is 87.9 Å². The molecule has 0 saturated carbocycles. The lowest BCUT2D eigenvalue weighted by atomic mass is 10.1. The number of hydrogen-bond acceptors (Lipinski definition) is 5. The van der Waals surface area contributed by atoms with Gasteiger partial charge in [-0.2, -0.15) is 10.1 Å². The van der Waals surface area contributed by atoms with Crippen molar-refractivity contribution >= 4 is 29.0 Å². The standard InChI is InChI=1S/C20H17N5O2/c1-25(2)20(26)19-21-18(24-27-19)14-8-4-3-7-13(14)11-12-17-15-9-5-6-10-16(15)22-23-17/h3-12H,1-2H3,(H,22,23)/b12-11+. The highest BCUT2D eigenvalue weighted by molar-refractivity contribution is 5.91. The summed E-state index contributed by atoms with van der Waals surface area (Å²) in [6, 6.07) is 15.6. The van der Waals surface area contributed by atoms with E-state index in [1.165, 1.54) is 4.90 Å². The zero-order chi connectivity index (χ0) is 18.8. The average Bonchev–Trinajstić information content (AvgIpc) is 3.33. The van der Waals surface area contributed by atoms with Crippen molar-refractivity contribution in [2.75, 3.05) is 14.1 Å². The van der Waals surface area contributed by atoms with Crippen molar-refractivity contribution in [2.45, 2.75) is 0 Å². The molecule has 7 heteroatoms. The molecule has 0 unspecified atom stereocenters. The summed E-state index contributed by atoms with van der Waals surface area (Å²) in [5, 5.41) is 12.4. The van der Waals surface area contributed by atoms with Crippen LogP contribution in [0.15, 0.2) is 53.1 Å². The maximum Gasteiger partial charge on any atom is 0.316 e. The second-order valence-corrected chi connectivity index (χ2v) is 6.20.